The van der Waals surface area contributed by atoms with E-state index in [9.17, 15) is 19.2 Å². The summed E-state index contributed by atoms with van der Waals surface area (Å²) in [6.45, 7) is 6.62. The van der Waals surface area contributed by atoms with Crippen molar-refractivity contribution in [2.45, 2.75) is 45.2 Å². The van der Waals surface area contributed by atoms with Gasteiger partial charge in [0, 0.05) is 69.1 Å². The van der Waals surface area contributed by atoms with Crippen molar-refractivity contribution in [1.82, 2.24) is 9.80 Å². The Balaban J connectivity index is 0.000000334. The Bertz CT molecular complexity index is 1220. The lowest BCUT2D eigenvalue weighted by molar-refractivity contribution is -0.134. The second-order valence-corrected chi connectivity index (χ2v) is 10.0. The number of piperazine rings is 1. The summed E-state index contributed by atoms with van der Waals surface area (Å²) < 4.78 is 5.50. The predicted octanol–water partition coefficient (Wildman–Crippen LogP) is 3.71. The number of carbonyl (C=O) groups is 4. The molecule has 2 aromatic rings. The largest absolute Gasteiger partial charge is 0.496 e. The minimum Gasteiger partial charge on any atom is -0.496 e. The molecule has 4 rings (SSSR count). The molecule has 0 amide bonds. The monoisotopic (exact) mass is 596 g/mol. The molecule has 43 heavy (non-hydrogen) atoms. The van der Waals surface area contributed by atoms with Crippen LogP contribution in [0.1, 0.15) is 41.5 Å². The molecular formula is C32H40N2O9. The number of carboxylic acid groups (broad SMARTS) is 4. The van der Waals surface area contributed by atoms with Crippen molar-refractivity contribution < 1.29 is 44.3 Å². The van der Waals surface area contributed by atoms with Gasteiger partial charge in [0.05, 0.1) is 7.11 Å². The van der Waals surface area contributed by atoms with Crippen molar-refractivity contribution in [1.29, 1.82) is 0 Å². The van der Waals surface area contributed by atoms with E-state index in [0.717, 1.165) is 45.0 Å². The number of para-hydroxylation sites is 1. The highest BCUT2D eigenvalue weighted by Gasteiger charge is 2.19. The molecular weight excluding hydrogens is 556 g/mol. The quantitative estimate of drug-likeness (QED) is 0.246. The molecule has 0 unspecified atom stereocenters. The topological polar surface area (TPSA) is 165 Å². The molecule has 0 aromatic heterocycles. The van der Waals surface area contributed by atoms with E-state index in [1.165, 1.54) is 43.2 Å². The average Bonchev–Trinajstić information content (AvgIpc) is 3.22. The summed E-state index contributed by atoms with van der Waals surface area (Å²) in [5.74, 6) is -4.02. The number of carboxylic acids is 4. The number of ether oxygens (including phenoxy) is 1. The molecule has 2 aromatic carbocycles. The fourth-order valence-electron chi connectivity index (χ4n) is 4.79. The van der Waals surface area contributed by atoms with Crippen LogP contribution in [0.4, 0.5) is 0 Å². The normalized spacial score (nSPS) is 15.3. The summed E-state index contributed by atoms with van der Waals surface area (Å²) in [7, 11) is 1.76. The van der Waals surface area contributed by atoms with E-state index in [0.29, 0.717) is 24.3 Å². The van der Waals surface area contributed by atoms with Gasteiger partial charge in [-0.2, -0.15) is 0 Å². The van der Waals surface area contributed by atoms with Crippen LogP contribution in [0.2, 0.25) is 0 Å². The molecule has 1 fully saturated rings. The van der Waals surface area contributed by atoms with Crippen LogP contribution in [0.3, 0.4) is 0 Å². The van der Waals surface area contributed by atoms with Gasteiger partial charge in [-0.1, -0.05) is 42.8 Å². The van der Waals surface area contributed by atoms with Gasteiger partial charge < -0.3 is 25.2 Å². The van der Waals surface area contributed by atoms with Gasteiger partial charge in [-0.25, -0.2) is 19.2 Å². The minimum absolute atomic E-state index is 0.558. The summed E-state index contributed by atoms with van der Waals surface area (Å²) in [6, 6.07) is 15.6. The fourth-order valence-corrected chi connectivity index (χ4v) is 4.79. The van der Waals surface area contributed by atoms with Crippen molar-refractivity contribution in [3.63, 3.8) is 0 Å². The molecule has 0 atom stereocenters. The minimum atomic E-state index is -1.26. The number of aliphatic carboxylic acids is 4. The molecule has 232 valence electrons. The van der Waals surface area contributed by atoms with Crippen LogP contribution in [0.5, 0.6) is 5.75 Å². The average molecular weight is 597 g/mol. The zero-order chi connectivity index (χ0) is 31.6. The highest BCUT2D eigenvalue weighted by molar-refractivity contribution is 5.90. The van der Waals surface area contributed by atoms with E-state index in [2.05, 4.69) is 46.2 Å². The van der Waals surface area contributed by atoms with Crippen molar-refractivity contribution in [3.8, 4) is 5.75 Å². The van der Waals surface area contributed by atoms with Crippen molar-refractivity contribution in [2.75, 3.05) is 33.3 Å². The van der Waals surface area contributed by atoms with Crippen molar-refractivity contribution in [2.24, 2.45) is 0 Å². The van der Waals surface area contributed by atoms with Crippen LogP contribution in [0.25, 0.3) is 0 Å². The number of benzene rings is 2. The molecule has 0 bridgehead atoms. The van der Waals surface area contributed by atoms with Crippen molar-refractivity contribution >= 4 is 23.9 Å². The Kier molecular flexibility index (Phi) is 15.2. The van der Waals surface area contributed by atoms with E-state index in [4.69, 9.17) is 25.2 Å². The molecule has 0 saturated carbocycles. The maximum absolute atomic E-state index is 9.55. The van der Waals surface area contributed by atoms with Gasteiger partial charge in [0.25, 0.3) is 0 Å². The molecule has 0 radical (unpaired) electrons. The lowest BCUT2D eigenvalue weighted by Crippen LogP contribution is -2.45. The van der Waals surface area contributed by atoms with Crippen LogP contribution in [-0.4, -0.2) is 87.4 Å². The van der Waals surface area contributed by atoms with E-state index < -0.39 is 23.9 Å². The van der Waals surface area contributed by atoms with Crippen LogP contribution in [0.15, 0.2) is 66.8 Å². The molecule has 4 N–H and O–H groups in total. The lowest BCUT2D eigenvalue weighted by Gasteiger charge is -2.35. The molecule has 11 nitrogen and oxygen atoms in total. The maximum atomic E-state index is 9.55. The fraction of sp³-hybridized carbons (Fsp3) is 0.375. The second-order valence-electron chi connectivity index (χ2n) is 10.0. The van der Waals surface area contributed by atoms with Gasteiger partial charge in [-0.3, -0.25) is 9.80 Å². The molecule has 1 heterocycles. The zero-order valence-electron chi connectivity index (χ0n) is 24.4. The summed E-state index contributed by atoms with van der Waals surface area (Å²) in [6.07, 6.45) is 8.89. The van der Waals surface area contributed by atoms with E-state index in [1.807, 2.05) is 6.07 Å². The molecule has 1 aliphatic heterocycles. The standard InChI is InChI=1S/C24H32N2O.2C4H4O4/c1-27-24-10-6-5-9-23(24)19-26-15-13-25(14-16-26)18-20-11-12-21-7-3-2-4-8-22(21)17-20;2*5-3(6)1-2-4(7)8/h5-6,9-12,17H,2-4,7-8,13-16,18-19H2,1H3;2*1-2H,(H,5,6)(H,7,8)/b;2*2-1+. The van der Waals surface area contributed by atoms with Gasteiger partial charge in [-0.05, 0) is 48.4 Å². The number of rotatable bonds is 9. The number of aryl methyl sites for hydroxylation is 2. The van der Waals surface area contributed by atoms with Crippen LogP contribution in [0, 0.1) is 0 Å². The summed E-state index contributed by atoms with van der Waals surface area (Å²) in [4.78, 5) is 43.4. The van der Waals surface area contributed by atoms with E-state index >= 15 is 0 Å². The number of fused-ring (bicyclic) bond motifs is 1. The second kappa shape index (κ2) is 18.9. The van der Waals surface area contributed by atoms with Gasteiger partial charge >= 0.3 is 23.9 Å². The van der Waals surface area contributed by atoms with Gasteiger partial charge in [0.1, 0.15) is 5.75 Å². The number of methoxy groups -OCH3 is 1. The van der Waals surface area contributed by atoms with E-state index in [1.54, 1.807) is 18.2 Å². The molecule has 2 aliphatic rings. The number of hydrogen-bond donors (Lipinski definition) is 4. The summed E-state index contributed by atoms with van der Waals surface area (Å²) in [5.41, 5.74) is 5.99. The third kappa shape index (κ3) is 14.3. The van der Waals surface area contributed by atoms with Crippen LogP contribution < -0.4 is 4.74 Å². The van der Waals surface area contributed by atoms with Crippen LogP contribution >= 0.6 is 0 Å². The maximum Gasteiger partial charge on any atom is 0.328 e. The molecule has 1 aliphatic carbocycles. The Morgan fingerprint density at radius 2 is 1.16 bits per heavy atom. The SMILES string of the molecule is COc1ccccc1CN1CCN(Cc2ccc3c(c2)CCCCC3)CC1.O=C(O)/C=C/C(=O)O.O=C(O)/C=C/C(=O)O. The first-order valence-electron chi connectivity index (χ1n) is 14.0. The van der Waals surface area contributed by atoms with Gasteiger partial charge in [0.2, 0.25) is 0 Å². The lowest BCUT2D eigenvalue weighted by atomic mass is 10.00. The first-order chi connectivity index (χ1) is 20.6. The van der Waals surface area contributed by atoms with Crippen LogP contribution in [-0.2, 0) is 45.1 Å². The highest BCUT2D eigenvalue weighted by Crippen LogP contribution is 2.23. The molecule has 0 spiro atoms. The Morgan fingerprint density at radius 1 is 0.674 bits per heavy atom. The number of hydrogen-bond acceptors (Lipinski definition) is 7. The smallest absolute Gasteiger partial charge is 0.328 e. The third-order valence-electron chi connectivity index (χ3n) is 6.86. The summed E-state index contributed by atoms with van der Waals surface area (Å²) >= 11 is 0. The van der Waals surface area contributed by atoms with Gasteiger partial charge in [-0.15, -0.1) is 0 Å². The first kappa shape index (κ1) is 34.7. The zero-order valence-corrected chi connectivity index (χ0v) is 24.4. The Labute approximate surface area is 251 Å². The Hall–Kier alpha value is -4.48. The third-order valence-corrected chi connectivity index (χ3v) is 6.86. The van der Waals surface area contributed by atoms with Gasteiger partial charge in [0.15, 0.2) is 0 Å². The number of nitrogens with zero attached hydrogens (tertiary/aromatic N) is 2. The first-order valence-corrected chi connectivity index (χ1v) is 14.0. The Morgan fingerprint density at radius 3 is 1.67 bits per heavy atom. The summed E-state index contributed by atoms with van der Waals surface area (Å²) in [5, 5.41) is 31.2. The van der Waals surface area contributed by atoms with Crippen molar-refractivity contribution in [3.05, 3.63) is 89.0 Å². The van der Waals surface area contributed by atoms with E-state index in [-0.39, 0.29) is 0 Å². The molecule has 11 heteroatoms. The molecule has 1 saturated heterocycles. The highest BCUT2D eigenvalue weighted by atomic mass is 16.5. The predicted molar refractivity (Wildman–Crippen MR) is 160 cm³/mol.